The zero-order chi connectivity index (χ0) is 12.9. The van der Waals surface area contributed by atoms with Crippen LogP contribution in [0, 0.1) is 6.92 Å². The second kappa shape index (κ2) is 5.71. The molecule has 0 saturated heterocycles. The number of aryl methyl sites for hydroxylation is 1. The van der Waals surface area contributed by atoms with Crippen molar-refractivity contribution in [1.82, 2.24) is 0 Å². The zero-order valence-electron chi connectivity index (χ0n) is 10.9. The summed E-state index contributed by atoms with van der Waals surface area (Å²) in [6.07, 6.45) is 0.569. The quantitative estimate of drug-likeness (QED) is 0.737. The monoisotopic (exact) mass is 236 g/mol. The van der Waals surface area contributed by atoms with Crippen molar-refractivity contribution in [3.8, 4) is 5.75 Å². The molecule has 1 aromatic carbocycles. The van der Waals surface area contributed by atoms with Gasteiger partial charge in [0.05, 0.1) is 6.61 Å². The predicted octanol–water partition coefficient (Wildman–Crippen LogP) is 3.11. The van der Waals surface area contributed by atoms with Crippen molar-refractivity contribution in [2.45, 2.75) is 39.7 Å². The Hall–Kier alpha value is -1.51. The van der Waals surface area contributed by atoms with E-state index in [4.69, 9.17) is 9.47 Å². The molecule has 0 radical (unpaired) electrons. The van der Waals surface area contributed by atoms with Gasteiger partial charge in [-0.05, 0) is 44.9 Å². The van der Waals surface area contributed by atoms with E-state index in [2.05, 4.69) is 0 Å². The lowest BCUT2D eigenvalue weighted by Crippen LogP contribution is -2.42. The van der Waals surface area contributed by atoms with Gasteiger partial charge in [0.15, 0.2) is 0 Å². The summed E-state index contributed by atoms with van der Waals surface area (Å²) in [5.74, 6) is 0.381. The van der Waals surface area contributed by atoms with E-state index in [1.165, 1.54) is 0 Å². The molecule has 0 heterocycles. The summed E-state index contributed by atoms with van der Waals surface area (Å²) >= 11 is 0. The molecule has 1 rings (SSSR count). The Bertz CT molecular complexity index is 387. The maximum Gasteiger partial charge on any atom is 0.350 e. The van der Waals surface area contributed by atoms with Crippen molar-refractivity contribution in [3.05, 3.63) is 29.8 Å². The molecule has 0 fully saturated rings. The molecule has 1 atom stereocenters. The molecule has 94 valence electrons. The summed E-state index contributed by atoms with van der Waals surface area (Å²) in [4.78, 5) is 11.8. The highest BCUT2D eigenvalue weighted by Gasteiger charge is 2.35. The Morgan fingerprint density at radius 1 is 1.35 bits per heavy atom. The van der Waals surface area contributed by atoms with Crippen molar-refractivity contribution in [3.63, 3.8) is 0 Å². The minimum absolute atomic E-state index is 0.316. The van der Waals surface area contributed by atoms with Gasteiger partial charge >= 0.3 is 5.97 Å². The van der Waals surface area contributed by atoms with Crippen LogP contribution in [0.2, 0.25) is 0 Å². The van der Waals surface area contributed by atoms with Gasteiger partial charge in [-0.15, -0.1) is 0 Å². The van der Waals surface area contributed by atoms with Gasteiger partial charge in [0, 0.05) is 0 Å². The molecule has 1 unspecified atom stereocenters. The number of benzene rings is 1. The van der Waals surface area contributed by atoms with Crippen LogP contribution in [0.3, 0.4) is 0 Å². The molecule has 0 aromatic heterocycles. The fourth-order valence-electron chi connectivity index (χ4n) is 1.48. The lowest BCUT2D eigenvalue weighted by molar-refractivity contribution is -0.160. The number of hydrogen-bond donors (Lipinski definition) is 0. The summed E-state index contributed by atoms with van der Waals surface area (Å²) < 4.78 is 10.8. The van der Waals surface area contributed by atoms with Crippen molar-refractivity contribution in [2.75, 3.05) is 6.61 Å². The van der Waals surface area contributed by atoms with E-state index in [9.17, 15) is 4.79 Å². The van der Waals surface area contributed by atoms with Crippen LogP contribution in [0.25, 0.3) is 0 Å². The van der Waals surface area contributed by atoms with Gasteiger partial charge in [0.2, 0.25) is 5.60 Å². The normalized spacial score (nSPS) is 13.9. The van der Waals surface area contributed by atoms with Gasteiger partial charge in [-0.2, -0.15) is 0 Å². The first-order valence-corrected chi connectivity index (χ1v) is 5.94. The number of carbonyl (C=O) groups is 1. The van der Waals surface area contributed by atoms with Crippen LogP contribution in [0.4, 0.5) is 0 Å². The summed E-state index contributed by atoms with van der Waals surface area (Å²) in [7, 11) is 0. The van der Waals surface area contributed by atoms with E-state index in [0.29, 0.717) is 18.8 Å². The van der Waals surface area contributed by atoms with Crippen LogP contribution in [-0.4, -0.2) is 18.2 Å². The zero-order valence-corrected chi connectivity index (χ0v) is 10.9. The van der Waals surface area contributed by atoms with Crippen molar-refractivity contribution in [1.29, 1.82) is 0 Å². The smallest absolute Gasteiger partial charge is 0.350 e. The van der Waals surface area contributed by atoms with E-state index >= 15 is 0 Å². The molecular formula is C14H20O3. The Kier molecular flexibility index (Phi) is 4.55. The van der Waals surface area contributed by atoms with Crippen molar-refractivity contribution in [2.24, 2.45) is 0 Å². The molecule has 17 heavy (non-hydrogen) atoms. The molecule has 0 saturated carbocycles. The number of hydrogen-bond acceptors (Lipinski definition) is 3. The van der Waals surface area contributed by atoms with E-state index in [1.807, 2.05) is 38.1 Å². The maximum atomic E-state index is 11.8. The van der Waals surface area contributed by atoms with E-state index in [1.54, 1.807) is 13.8 Å². The van der Waals surface area contributed by atoms with Crippen LogP contribution in [0.15, 0.2) is 24.3 Å². The maximum absolute atomic E-state index is 11.8. The Morgan fingerprint density at radius 3 is 2.59 bits per heavy atom. The average molecular weight is 236 g/mol. The van der Waals surface area contributed by atoms with Gasteiger partial charge in [0.1, 0.15) is 5.75 Å². The number of rotatable bonds is 5. The Labute approximate surface area is 103 Å². The van der Waals surface area contributed by atoms with Crippen LogP contribution in [0.5, 0.6) is 5.75 Å². The average Bonchev–Trinajstić information content (AvgIpc) is 2.29. The van der Waals surface area contributed by atoms with E-state index in [-0.39, 0.29) is 5.97 Å². The molecule has 0 aliphatic carbocycles. The fourth-order valence-corrected chi connectivity index (χ4v) is 1.48. The van der Waals surface area contributed by atoms with E-state index in [0.717, 1.165) is 5.56 Å². The number of esters is 1. The molecule has 0 spiro atoms. The highest BCUT2D eigenvalue weighted by atomic mass is 16.6. The van der Waals surface area contributed by atoms with Crippen LogP contribution < -0.4 is 4.74 Å². The van der Waals surface area contributed by atoms with Crippen LogP contribution in [0.1, 0.15) is 32.8 Å². The van der Waals surface area contributed by atoms with Crippen molar-refractivity contribution < 1.29 is 14.3 Å². The molecule has 0 aliphatic rings. The van der Waals surface area contributed by atoms with Gasteiger partial charge < -0.3 is 9.47 Å². The molecule has 0 bridgehead atoms. The van der Waals surface area contributed by atoms with Crippen molar-refractivity contribution >= 4 is 5.97 Å². The van der Waals surface area contributed by atoms with E-state index < -0.39 is 5.60 Å². The van der Waals surface area contributed by atoms with Gasteiger partial charge in [0.25, 0.3) is 0 Å². The first kappa shape index (κ1) is 13.6. The third-order valence-corrected chi connectivity index (χ3v) is 2.71. The lowest BCUT2D eigenvalue weighted by Gasteiger charge is -2.27. The fraction of sp³-hybridized carbons (Fsp3) is 0.500. The third kappa shape index (κ3) is 3.48. The minimum Gasteiger partial charge on any atom is -0.476 e. The standard InChI is InChI=1S/C14H20O3/c1-5-14(4,13(15)16-6-2)17-12-9-7-8-11(3)10-12/h7-10H,5-6H2,1-4H3. The Morgan fingerprint density at radius 2 is 2.06 bits per heavy atom. The first-order chi connectivity index (χ1) is 8.01. The molecular weight excluding hydrogens is 216 g/mol. The van der Waals surface area contributed by atoms with Gasteiger partial charge in [-0.1, -0.05) is 19.1 Å². The molecule has 0 amide bonds. The predicted molar refractivity (Wildman–Crippen MR) is 67.1 cm³/mol. The summed E-state index contributed by atoms with van der Waals surface area (Å²) in [5.41, 5.74) is 0.189. The summed E-state index contributed by atoms with van der Waals surface area (Å²) in [5, 5.41) is 0. The second-order valence-corrected chi connectivity index (χ2v) is 4.22. The number of ether oxygens (including phenoxy) is 2. The third-order valence-electron chi connectivity index (χ3n) is 2.71. The second-order valence-electron chi connectivity index (χ2n) is 4.22. The highest BCUT2D eigenvalue weighted by Crippen LogP contribution is 2.23. The largest absolute Gasteiger partial charge is 0.476 e. The molecule has 1 aromatic rings. The Balaban J connectivity index is 2.85. The molecule has 3 heteroatoms. The molecule has 0 N–H and O–H groups in total. The van der Waals surface area contributed by atoms with Crippen LogP contribution >= 0.6 is 0 Å². The SMILES string of the molecule is CCOC(=O)C(C)(CC)Oc1cccc(C)c1. The van der Waals surface area contributed by atoms with Crippen LogP contribution in [-0.2, 0) is 9.53 Å². The summed E-state index contributed by atoms with van der Waals surface area (Å²) in [6, 6.07) is 7.65. The number of carbonyl (C=O) groups excluding carboxylic acids is 1. The molecule has 0 aliphatic heterocycles. The molecule has 3 nitrogen and oxygen atoms in total. The summed E-state index contributed by atoms with van der Waals surface area (Å²) in [6.45, 7) is 7.81. The van der Waals surface area contributed by atoms with Gasteiger partial charge in [-0.25, -0.2) is 4.79 Å². The minimum atomic E-state index is -0.913. The lowest BCUT2D eigenvalue weighted by atomic mass is 10.0. The topological polar surface area (TPSA) is 35.5 Å². The highest BCUT2D eigenvalue weighted by molar-refractivity contribution is 5.79. The first-order valence-electron chi connectivity index (χ1n) is 5.94. The van der Waals surface area contributed by atoms with Gasteiger partial charge in [-0.3, -0.25) is 0 Å².